The number of para-hydroxylation sites is 1. The third kappa shape index (κ3) is 2.65. The van der Waals surface area contributed by atoms with Gasteiger partial charge in [0.15, 0.2) is 0 Å². The highest BCUT2D eigenvalue weighted by atomic mass is 32.2. The van der Waals surface area contributed by atoms with E-state index in [9.17, 15) is 4.39 Å². The average Bonchev–Trinajstić information content (AvgIpc) is 2.22. The third-order valence-electron chi connectivity index (χ3n) is 2.84. The Morgan fingerprint density at radius 3 is 2.87 bits per heavy atom. The topological polar surface area (TPSA) is 26.0 Å². The van der Waals surface area contributed by atoms with Gasteiger partial charge < -0.3 is 5.73 Å². The van der Waals surface area contributed by atoms with Crippen LogP contribution in [0.5, 0.6) is 0 Å². The van der Waals surface area contributed by atoms with Crippen molar-refractivity contribution in [3.63, 3.8) is 0 Å². The number of anilines is 1. The Balaban J connectivity index is 2.10. The SMILES string of the molecule is Nc1ccccc1CC1(F)CCCSC1. The summed E-state index contributed by atoms with van der Waals surface area (Å²) in [5.41, 5.74) is 6.44. The summed E-state index contributed by atoms with van der Waals surface area (Å²) < 4.78 is 14.4. The van der Waals surface area contributed by atoms with Crippen LogP contribution in [0.3, 0.4) is 0 Å². The second kappa shape index (κ2) is 4.44. The van der Waals surface area contributed by atoms with Gasteiger partial charge in [-0.3, -0.25) is 0 Å². The standard InChI is InChI=1S/C12H16FNS/c13-12(6-3-7-15-9-12)8-10-4-1-2-5-11(10)14/h1-2,4-5H,3,6-9,14H2. The molecule has 0 bridgehead atoms. The van der Waals surface area contributed by atoms with Gasteiger partial charge in [-0.2, -0.15) is 11.8 Å². The van der Waals surface area contributed by atoms with Gasteiger partial charge >= 0.3 is 0 Å². The van der Waals surface area contributed by atoms with Crippen LogP contribution in [-0.2, 0) is 6.42 Å². The molecule has 1 fully saturated rings. The highest BCUT2D eigenvalue weighted by Gasteiger charge is 2.32. The van der Waals surface area contributed by atoms with Gasteiger partial charge in [-0.25, -0.2) is 4.39 Å². The van der Waals surface area contributed by atoms with E-state index in [1.165, 1.54) is 0 Å². The zero-order chi connectivity index (χ0) is 10.7. The van der Waals surface area contributed by atoms with Gasteiger partial charge in [0, 0.05) is 17.9 Å². The molecule has 1 nitrogen and oxygen atoms in total. The molecular formula is C12H16FNS. The summed E-state index contributed by atoms with van der Waals surface area (Å²) >= 11 is 1.71. The molecule has 0 aliphatic carbocycles. The highest BCUT2D eigenvalue weighted by molar-refractivity contribution is 7.99. The molecule has 0 saturated carbocycles. The zero-order valence-corrected chi connectivity index (χ0v) is 9.52. The van der Waals surface area contributed by atoms with Crippen LogP contribution in [0.25, 0.3) is 0 Å². The van der Waals surface area contributed by atoms with Crippen molar-refractivity contribution in [3.8, 4) is 0 Å². The summed E-state index contributed by atoms with van der Waals surface area (Å²) in [6, 6.07) is 7.58. The van der Waals surface area contributed by atoms with Crippen LogP contribution in [0.4, 0.5) is 10.1 Å². The minimum absolute atomic E-state index is 0.465. The molecule has 1 aromatic rings. The summed E-state index contributed by atoms with van der Waals surface area (Å²) in [5.74, 6) is 1.71. The second-order valence-electron chi connectivity index (χ2n) is 4.18. The molecule has 1 saturated heterocycles. The van der Waals surface area contributed by atoms with Gasteiger partial charge in [0.05, 0.1) is 0 Å². The molecule has 0 amide bonds. The smallest absolute Gasteiger partial charge is 0.124 e. The van der Waals surface area contributed by atoms with E-state index in [0.717, 1.165) is 17.7 Å². The largest absolute Gasteiger partial charge is 0.399 e. The number of thioether (sulfide) groups is 1. The van der Waals surface area contributed by atoms with Gasteiger partial charge in [-0.1, -0.05) is 18.2 Å². The summed E-state index contributed by atoms with van der Waals surface area (Å²) in [6.07, 6.45) is 2.12. The summed E-state index contributed by atoms with van der Waals surface area (Å²) in [5, 5.41) is 0. The summed E-state index contributed by atoms with van der Waals surface area (Å²) in [6.45, 7) is 0. The van der Waals surface area contributed by atoms with Gasteiger partial charge in [0.1, 0.15) is 5.67 Å². The Bertz CT molecular complexity index is 334. The Morgan fingerprint density at radius 2 is 2.20 bits per heavy atom. The van der Waals surface area contributed by atoms with Crippen molar-refractivity contribution in [2.75, 3.05) is 17.2 Å². The molecule has 2 rings (SSSR count). The monoisotopic (exact) mass is 225 g/mol. The lowest BCUT2D eigenvalue weighted by Gasteiger charge is -2.29. The molecule has 0 aromatic heterocycles. The Labute approximate surface area is 94.2 Å². The second-order valence-corrected chi connectivity index (χ2v) is 5.29. The van der Waals surface area contributed by atoms with Crippen molar-refractivity contribution in [2.45, 2.75) is 24.9 Å². The van der Waals surface area contributed by atoms with E-state index < -0.39 is 5.67 Å². The van der Waals surface area contributed by atoms with Crippen LogP contribution in [0.15, 0.2) is 24.3 Å². The fourth-order valence-electron chi connectivity index (χ4n) is 1.99. The molecule has 2 N–H and O–H groups in total. The fourth-order valence-corrected chi connectivity index (χ4v) is 3.10. The molecule has 82 valence electrons. The van der Waals surface area contributed by atoms with E-state index >= 15 is 0 Å². The maximum absolute atomic E-state index is 14.4. The van der Waals surface area contributed by atoms with E-state index in [-0.39, 0.29) is 0 Å². The van der Waals surface area contributed by atoms with Gasteiger partial charge in [-0.05, 0) is 30.2 Å². The first-order chi connectivity index (χ1) is 7.20. The molecule has 1 aromatic carbocycles. The van der Waals surface area contributed by atoms with Crippen molar-refractivity contribution < 1.29 is 4.39 Å². The van der Waals surface area contributed by atoms with E-state index in [4.69, 9.17) is 5.73 Å². The molecule has 1 atom stereocenters. The Hall–Kier alpha value is -0.700. The van der Waals surface area contributed by atoms with Crippen molar-refractivity contribution in [2.24, 2.45) is 0 Å². The van der Waals surface area contributed by atoms with Crippen LogP contribution in [0.2, 0.25) is 0 Å². The van der Waals surface area contributed by atoms with Crippen LogP contribution in [0, 0.1) is 0 Å². The lowest BCUT2D eigenvalue weighted by molar-refractivity contribution is 0.176. The number of nitrogens with two attached hydrogens (primary N) is 1. The maximum atomic E-state index is 14.4. The highest BCUT2D eigenvalue weighted by Crippen LogP contribution is 2.34. The van der Waals surface area contributed by atoms with Gasteiger partial charge in [0.25, 0.3) is 0 Å². The predicted molar refractivity (Wildman–Crippen MR) is 65.0 cm³/mol. The molecule has 1 heterocycles. The number of hydrogen-bond acceptors (Lipinski definition) is 2. The number of rotatable bonds is 2. The minimum atomic E-state index is -1.04. The van der Waals surface area contributed by atoms with Gasteiger partial charge in [-0.15, -0.1) is 0 Å². The number of hydrogen-bond donors (Lipinski definition) is 1. The third-order valence-corrected chi connectivity index (χ3v) is 4.14. The predicted octanol–water partition coefficient (Wildman–Crippen LogP) is 3.05. The first kappa shape index (κ1) is 10.8. The first-order valence-corrected chi connectivity index (χ1v) is 6.45. The summed E-state index contributed by atoms with van der Waals surface area (Å²) in [7, 11) is 0. The number of halogens is 1. The molecule has 3 heteroatoms. The molecular weight excluding hydrogens is 209 g/mol. The molecule has 15 heavy (non-hydrogen) atoms. The lowest BCUT2D eigenvalue weighted by Crippen LogP contribution is -2.32. The quantitative estimate of drug-likeness (QED) is 0.783. The average molecular weight is 225 g/mol. The molecule has 1 aliphatic rings. The van der Waals surface area contributed by atoms with Crippen molar-refractivity contribution >= 4 is 17.4 Å². The van der Waals surface area contributed by atoms with Crippen LogP contribution in [-0.4, -0.2) is 17.2 Å². The van der Waals surface area contributed by atoms with Crippen LogP contribution < -0.4 is 5.73 Å². The van der Waals surface area contributed by atoms with Crippen molar-refractivity contribution in [1.82, 2.24) is 0 Å². The Kier molecular flexibility index (Phi) is 3.19. The summed E-state index contributed by atoms with van der Waals surface area (Å²) in [4.78, 5) is 0. The number of alkyl halides is 1. The van der Waals surface area contributed by atoms with E-state index in [2.05, 4.69) is 0 Å². The van der Waals surface area contributed by atoms with E-state index in [1.54, 1.807) is 11.8 Å². The van der Waals surface area contributed by atoms with Gasteiger partial charge in [0.2, 0.25) is 0 Å². The van der Waals surface area contributed by atoms with E-state index in [0.29, 0.717) is 24.3 Å². The lowest BCUT2D eigenvalue weighted by atomic mass is 9.92. The van der Waals surface area contributed by atoms with Crippen molar-refractivity contribution in [3.05, 3.63) is 29.8 Å². The van der Waals surface area contributed by atoms with E-state index in [1.807, 2.05) is 24.3 Å². The van der Waals surface area contributed by atoms with Crippen LogP contribution in [0.1, 0.15) is 18.4 Å². The Morgan fingerprint density at radius 1 is 1.40 bits per heavy atom. The maximum Gasteiger partial charge on any atom is 0.124 e. The number of benzene rings is 1. The minimum Gasteiger partial charge on any atom is -0.399 e. The zero-order valence-electron chi connectivity index (χ0n) is 8.71. The molecule has 0 radical (unpaired) electrons. The van der Waals surface area contributed by atoms with Crippen molar-refractivity contribution in [1.29, 1.82) is 0 Å². The first-order valence-electron chi connectivity index (χ1n) is 5.30. The fraction of sp³-hybridized carbons (Fsp3) is 0.500. The number of nitrogen functional groups attached to an aromatic ring is 1. The molecule has 1 aliphatic heterocycles. The molecule has 0 spiro atoms. The normalized spacial score (nSPS) is 26.5. The molecule has 1 unspecified atom stereocenters. The van der Waals surface area contributed by atoms with Crippen LogP contribution >= 0.6 is 11.8 Å².